The summed E-state index contributed by atoms with van der Waals surface area (Å²) < 4.78 is 8.54. The largest absolute Gasteiger partial charge is 0.479 e. The number of fused-ring (bicyclic) bond motifs is 1. The zero-order valence-electron chi connectivity index (χ0n) is 15.9. The topological polar surface area (TPSA) is 86.5 Å². The molecule has 5 rings (SSSR count). The number of aromatic nitrogens is 4. The number of pyridine rings is 1. The number of nitrogens with zero attached hydrogens (tertiary/aromatic N) is 5. The molecule has 3 aromatic heterocycles. The van der Waals surface area contributed by atoms with Crippen molar-refractivity contribution in [3.05, 3.63) is 65.3 Å². The van der Waals surface area contributed by atoms with E-state index in [4.69, 9.17) is 14.6 Å². The maximum Gasteiger partial charge on any atom is 0.238 e. The Balaban J connectivity index is 1.49. The van der Waals surface area contributed by atoms with Gasteiger partial charge in [0.05, 0.1) is 34.9 Å². The molecule has 0 spiro atoms. The molecule has 1 unspecified atom stereocenters. The molecule has 1 aliphatic heterocycles. The number of nitrogens with one attached hydrogen (secondary N) is 1. The van der Waals surface area contributed by atoms with Crippen molar-refractivity contribution >= 4 is 27.4 Å². The molecule has 9 heteroatoms. The van der Waals surface area contributed by atoms with Gasteiger partial charge in [0.1, 0.15) is 24.0 Å². The van der Waals surface area contributed by atoms with Crippen LogP contribution in [0, 0.1) is 6.92 Å². The average Bonchev–Trinajstić information content (AvgIpc) is 3.41. The van der Waals surface area contributed by atoms with E-state index in [1.165, 1.54) is 0 Å². The first kappa shape index (κ1) is 17.8. The monoisotopic (exact) mass is 406 g/mol. The lowest BCUT2D eigenvalue weighted by Crippen LogP contribution is -2.33. The smallest absolute Gasteiger partial charge is 0.238 e. The Morgan fingerprint density at radius 2 is 2.17 bits per heavy atom. The summed E-state index contributed by atoms with van der Waals surface area (Å²) in [5, 5.41) is 0. The number of imidazole rings is 1. The molecular weight excluding hydrogens is 388 g/mol. The molecule has 0 amide bonds. The predicted octanol–water partition coefficient (Wildman–Crippen LogP) is 3.22. The molecular formula is C20H18N6O2S. The third-order valence-electron chi connectivity index (χ3n) is 4.70. The van der Waals surface area contributed by atoms with E-state index in [1.54, 1.807) is 24.8 Å². The molecule has 0 aliphatic carbocycles. The molecule has 1 N–H and O–H groups in total. The third kappa shape index (κ3) is 3.34. The van der Waals surface area contributed by atoms with Crippen molar-refractivity contribution in [2.24, 2.45) is 4.99 Å². The Morgan fingerprint density at radius 3 is 3.00 bits per heavy atom. The number of hydrogen-bond acceptors (Lipinski definition) is 8. The first-order chi connectivity index (χ1) is 14.2. The van der Waals surface area contributed by atoms with Gasteiger partial charge in [-0.15, -0.1) is 11.3 Å². The zero-order valence-corrected chi connectivity index (χ0v) is 16.7. The molecule has 0 saturated carbocycles. The Labute approximate surface area is 170 Å². The fourth-order valence-corrected chi connectivity index (χ4v) is 3.90. The molecule has 0 fully saturated rings. The van der Waals surface area contributed by atoms with E-state index in [0.29, 0.717) is 24.0 Å². The van der Waals surface area contributed by atoms with Gasteiger partial charge >= 0.3 is 0 Å². The van der Waals surface area contributed by atoms with Gasteiger partial charge in [-0.25, -0.2) is 20.4 Å². The van der Waals surface area contributed by atoms with Crippen molar-refractivity contribution in [2.45, 2.75) is 13.0 Å². The summed E-state index contributed by atoms with van der Waals surface area (Å²) in [5.74, 6) is 1.04. The van der Waals surface area contributed by atoms with Crippen LogP contribution in [0.25, 0.3) is 15.9 Å². The second-order valence-electron chi connectivity index (χ2n) is 6.63. The van der Waals surface area contributed by atoms with E-state index in [0.717, 1.165) is 27.2 Å². The van der Waals surface area contributed by atoms with Gasteiger partial charge in [-0.1, -0.05) is 6.07 Å². The lowest BCUT2D eigenvalue weighted by Gasteiger charge is -2.22. The van der Waals surface area contributed by atoms with E-state index in [-0.39, 0.29) is 6.04 Å². The number of aryl methyl sites for hydroxylation is 1. The highest BCUT2D eigenvalue weighted by molar-refractivity contribution is 7.16. The minimum atomic E-state index is -0.138. The SMILES string of the molecule is COc1nc(C2=NC(c3ccc4scnc4c3)CON2)ccc1-n1cnc(C)c1. The van der Waals surface area contributed by atoms with Gasteiger partial charge in [-0.05, 0) is 36.8 Å². The number of hydroxylamine groups is 1. The average molecular weight is 406 g/mol. The summed E-state index contributed by atoms with van der Waals surface area (Å²) in [6, 6.07) is 9.87. The number of benzene rings is 1. The molecule has 1 atom stereocenters. The van der Waals surface area contributed by atoms with Gasteiger partial charge in [0.25, 0.3) is 0 Å². The second kappa shape index (κ2) is 7.26. The number of aliphatic imine (C=N–C) groups is 1. The summed E-state index contributed by atoms with van der Waals surface area (Å²) in [6.07, 6.45) is 3.65. The maximum atomic E-state index is 5.59. The first-order valence-electron chi connectivity index (χ1n) is 9.06. The highest BCUT2D eigenvalue weighted by Crippen LogP contribution is 2.27. The van der Waals surface area contributed by atoms with E-state index in [1.807, 2.05) is 35.3 Å². The van der Waals surface area contributed by atoms with E-state index in [2.05, 4.69) is 38.6 Å². The molecule has 0 radical (unpaired) electrons. The van der Waals surface area contributed by atoms with Crippen LogP contribution in [0.5, 0.6) is 5.88 Å². The Morgan fingerprint density at radius 1 is 1.24 bits per heavy atom. The minimum Gasteiger partial charge on any atom is -0.479 e. The lowest BCUT2D eigenvalue weighted by molar-refractivity contribution is 0.0621. The number of amidine groups is 1. The number of ether oxygens (including phenoxy) is 1. The van der Waals surface area contributed by atoms with Gasteiger partial charge in [0.2, 0.25) is 5.88 Å². The quantitative estimate of drug-likeness (QED) is 0.560. The minimum absolute atomic E-state index is 0.138. The molecule has 8 nitrogen and oxygen atoms in total. The second-order valence-corrected chi connectivity index (χ2v) is 7.52. The van der Waals surface area contributed by atoms with Crippen molar-refractivity contribution in [3.8, 4) is 11.6 Å². The Kier molecular flexibility index (Phi) is 4.45. The van der Waals surface area contributed by atoms with Gasteiger partial charge < -0.3 is 9.30 Å². The van der Waals surface area contributed by atoms with Gasteiger partial charge in [-0.2, -0.15) is 0 Å². The van der Waals surface area contributed by atoms with E-state index < -0.39 is 0 Å². The van der Waals surface area contributed by atoms with Crippen LogP contribution in [0.15, 0.2) is 53.4 Å². The van der Waals surface area contributed by atoms with Crippen molar-refractivity contribution in [3.63, 3.8) is 0 Å². The molecule has 1 aromatic carbocycles. The summed E-state index contributed by atoms with van der Waals surface area (Å²) in [7, 11) is 1.60. The summed E-state index contributed by atoms with van der Waals surface area (Å²) in [6.45, 7) is 2.37. The molecule has 4 heterocycles. The van der Waals surface area contributed by atoms with Crippen molar-refractivity contribution < 1.29 is 9.57 Å². The van der Waals surface area contributed by atoms with Crippen LogP contribution in [-0.2, 0) is 4.84 Å². The molecule has 4 aromatic rings. The van der Waals surface area contributed by atoms with Gasteiger partial charge in [0, 0.05) is 6.20 Å². The molecule has 0 bridgehead atoms. The maximum absolute atomic E-state index is 5.59. The summed E-state index contributed by atoms with van der Waals surface area (Å²) in [5.41, 5.74) is 9.13. The Hall–Kier alpha value is -3.30. The summed E-state index contributed by atoms with van der Waals surface area (Å²) >= 11 is 1.62. The highest BCUT2D eigenvalue weighted by atomic mass is 32.1. The van der Waals surface area contributed by atoms with Crippen LogP contribution in [0.4, 0.5) is 0 Å². The van der Waals surface area contributed by atoms with Crippen LogP contribution >= 0.6 is 11.3 Å². The molecule has 146 valence electrons. The van der Waals surface area contributed by atoms with Crippen LogP contribution in [-0.4, -0.2) is 39.1 Å². The van der Waals surface area contributed by atoms with Crippen molar-refractivity contribution in [2.75, 3.05) is 13.7 Å². The molecule has 0 saturated heterocycles. The van der Waals surface area contributed by atoms with Gasteiger partial charge in [0.15, 0.2) is 5.84 Å². The highest BCUT2D eigenvalue weighted by Gasteiger charge is 2.21. The van der Waals surface area contributed by atoms with E-state index in [9.17, 15) is 0 Å². The van der Waals surface area contributed by atoms with E-state index >= 15 is 0 Å². The van der Waals surface area contributed by atoms with Crippen LogP contribution < -0.4 is 10.2 Å². The standard InChI is InChI=1S/C20H18N6O2S/c1-12-8-26(10-21-12)17-5-4-14(24-20(17)27-2)19-23-16(9-28-25-19)13-3-6-18-15(7-13)22-11-29-18/h3-8,10-11,16H,9H2,1-2H3,(H,23,25). The number of methoxy groups -OCH3 is 1. The number of hydrogen-bond donors (Lipinski definition) is 1. The zero-order chi connectivity index (χ0) is 19.8. The van der Waals surface area contributed by atoms with Crippen LogP contribution in [0.2, 0.25) is 0 Å². The van der Waals surface area contributed by atoms with Crippen LogP contribution in [0.1, 0.15) is 23.0 Å². The predicted molar refractivity (Wildman–Crippen MR) is 111 cm³/mol. The number of rotatable bonds is 4. The molecule has 29 heavy (non-hydrogen) atoms. The third-order valence-corrected chi connectivity index (χ3v) is 5.51. The fraction of sp³-hybridized carbons (Fsp3) is 0.200. The normalized spacial score (nSPS) is 16.5. The van der Waals surface area contributed by atoms with Crippen LogP contribution in [0.3, 0.4) is 0 Å². The fourth-order valence-electron chi connectivity index (χ4n) is 3.24. The van der Waals surface area contributed by atoms with Crippen molar-refractivity contribution in [1.29, 1.82) is 0 Å². The molecule has 1 aliphatic rings. The lowest BCUT2D eigenvalue weighted by atomic mass is 10.1. The first-order valence-corrected chi connectivity index (χ1v) is 9.94. The van der Waals surface area contributed by atoms with Crippen molar-refractivity contribution in [1.82, 2.24) is 25.0 Å². The number of thiazole rings is 1. The Bertz CT molecular complexity index is 1210. The van der Waals surface area contributed by atoms with Gasteiger partial charge in [-0.3, -0.25) is 9.83 Å². The summed E-state index contributed by atoms with van der Waals surface area (Å²) in [4.78, 5) is 23.7.